The molecule has 2 rings (SSSR count). The molecule has 0 saturated heterocycles. The van der Waals surface area contributed by atoms with E-state index >= 15 is 0 Å². The van der Waals surface area contributed by atoms with E-state index in [1.807, 2.05) is 0 Å². The Balaban J connectivity index is 2.23. The molecule has 34 heavy (non-hydrogen) atoms. The molecule has 0 fully saturated rings. The zero-order chi connectivity index (χ0) is 25.7. The van der Waals surface area contributed by atoms with E-state index in [0.717, 1.165) is 42.7 Å². The fraction of sp³-hybridized carbons (Fsp3) is 0.318. The van der Waals surface area contributed by atoms with Gasteiger partial charge in [0.15, 0.2) is 11.6 Å². The summed E-state index contributed by atoms with van der Waals surface area (Å²) in [5, 5.41) is 2.54. The van der Waals surface area contributed by atoms with Gasteiger partial charge in [-0.05, 0) is 49.2 Å². The van der Waals surface area contributed by atoms with Crippen LogP contribution in [-0.4, -0.2) is 27.2 Å². The minimum atomic E-state index is -4.56. The molecule has 0 spiro atoms. The van der Waals surface area contributed by atoms with Crippen LogP contribution < -0.4 is 14.8 Å². The Morgan fingerprint density at radius 3 is 2.24 bits per heavy atom. The average molecular weight is 506 g/mol. The summed E-state index contributed by atoms with van der Waals surface area (Å²) in [5.74, 6) is -3.05. The molecule has 0 radical (unpaired) electrons. The predicted molar refractivity (Wildman–Crippen MR) is 118 cm³/mol. The maximum atomic E-state index is 14.3. The van der Waals surface area contributed by atoms with Gasteiger partial charge in [-0.3, -0.25) is 9.52 Å². The predicted octanol–water partition coefficient (Wildman–Crippen LogP) is 5.03. The normalized spacial score (nSPS) is 13.1. The number of sulfonamides is 1. The summed E-state index contributed by atoms with van der Waals surface area (Å²) in [6.45, 7) is 3.35. The Morgan fingerprint density at radius 1 is 1.12 bits per heavy atom. The molecule has 2 N–H and O–H groups in total. The third kappa shape index (κ3) is 7.44. The number of carbonyl (C=O) groups is 1. The smallest absolute Gasteiger partial charge is 0.416 e. The van der Waals surface area contributed by atoms with Crippen molar-refractivity contribution in [3.63, 3.8) is 0 Å². The van der Waals surface area contributed by atoms with Crippen LogP contribution in [0.3, 0.4) is 0 Å². The first-order valence-electron chi connectivity index (χ1n) is 10.0. The molecule has 0 unspecified atom stereocenters. The van der Waals surface area contributed by atoms with Crippen LogP contribution >= 0.6 is 0 Å². The van der Waals surface area contributed by atoms with E-state index in [0.29, 0.717) is 0 Å². The highest BCUT2D eigenvalue weighted by Gasteiger charge is 2.31. The first-order chi connectivity index (χ1) is 15.7. The highest BCUT2D eigenvalue weighted by atomic mass is 32.2. The second-order valence-corrected chi connectivity index (χ2v) is 8.97. The molecule has 1 amide bonds. The molecule has 0 saturated carbocycles. The van der Waals surface area contributed by atoms with E-state index < -0.39 is 51.0 Å². The van der Waals surface area contributed by atoms with E-state index in [4.69, 9.17) is 4.74 Å². The molecular weight excluding hydrogens is 483 g/mol. The van der Waals surface area contributed by atoms with E-state index in [2.05, 4.69) is 5.32 Å². The largest absolute Gasteiger partial charge is 0.493 e. The minimum Gasteiger partial charge on any atom is -0.493 e. The summed E-state index contributed by atoms with van der Waals surface area (Å²) >= 11 is 0. The van der Waals surface area contributed by atoms with Gasteiger partial charge in [-0.15, -0.1) is 0 Å². The summed E-state index contributed by atoms with van der Waals surface area (Å²) < 4.78 is 96.9. The number of hydrogen-bond donors (Lipinski definition) is 2. The molecule has 0 bridgehead atoms. The summed E-state index contributed by atoms with van der Waals surface area (Å²) in [5.41, 5.74) is -1.45. The molecule has 12 heteroatoms. The molecule has 0 heterocycles. The third-order valence-electron chi connectivity index (χ3n) is 4.53. The molecule has 1 atom stereocenters. The topological polar surface area (TPSA) is 84.5 Å². The highest BCUT2D eigenvalue weighted by molar-refractivity contribution is 7.92. The lowest BCUT2D eigenvalue weighted by Crippen LogP contribution is -2.26. The second-order valence-electron chi connectivity index (χ2n) is 7.22. The summed E-state index contributed by atoms with van der Waals surface area (Å²) in [7, 11) is -3.91. The van der Waals surface area contributed by atoms with Crippen LogP contribution in [0.15, 0.2) is 36.4 Å². The van der Waals surface area contributed by atoms with Crippen molar-refractivity contribution in [3.8, 4) is 5.75 Å². The maximum Gasteiger partial charge on any atom is 0.416 e. The van der Waals surface area contributed by atoms with Gasteiger partial charge < -0.3 is 10.1 Å². The highest BCUT2D eigenvalue weighted by Crippen LogP contribution is 2.33. The Kier molecular flexibility index (Phi) is 8.65. The molecule has 2 aromatic carbocycles. The molecule has 0 aromatic heterocycles. The molecule has 186 valence electrons. The monoisotopic (exact) mass is 506 g/mol. The molecular formula is C22H23F5N2O4S. The fourth-order valence-corrected chi connectivity index (χ4v) is 3.58. The third-order valence-corrected chi connectivity index (χ3v) is 5.11. The van der Waals surface area contributed by atoms with E-state index in [1.54, 1.807) is 18.6 Å². The lowest BCUT2D eigenvalue weighted by Gasteiger charge is -2.18. The van der Waals surface area contributed by atoms with Crippen LogP contribution in [0.5, 0.6) is 5.75 Å². The minimum absolute atomic E-state index is 0.0582. The number of ether oxygens (including phenoxy) is 1. The van der Waals surface area contributed by atoms with Gasteiger partial charge in [0.05, 0.1) is 24.5 Å². The molecule has 2 aromatic rings. The van der Waals surface area contributed by atoms with Gasteiger partial charge in [0.25, 0.3) is 0 Å². The van der Waals surface area contributed by atoms with Gasteiger partial charge in [0.1, 0.15) is 11.4 Å². The SMILES string of the molecule is CCOc1cc(C(F)(F)F)ccc1/C=C/C(=O)N[C@H](CC)c1cc(F)c(NS(C)(=O)=O)c(F)c1. The summed E-state index contributed by atoms with van der Waals surface area (Å²) in [4.78, 5) is 12.4. The van der Waals surface area contributed by atoms with Crippen molar-refractivity contribution in [3.05, 3.63) is 64.7 Å². The number of carbonyl (C=O) groups excluding carboxylic acids is 1. The Hall–Kier alpha value is -3.15. The number of rotatable bonds is 9. The number of benzene rings is 2. The standard InChI is InChI=1S/C22H23F5N2O4S/c1-4-18(14-10-16(23)21(17(24)11-14)29-34(3,31)32)28-20(30)9-7-13-6-8-15(22(25,26)27)12-19(13)33-5-2/h6-12,18,29H,4-5H2,1-3H3,(H,28,30)/b9-7+/t18-/m1/s1. The first kappa shape index (κ1) is 27.1. The summed E-state index contributed by atoms with van der Waals surface area (Å²) in [6.07, 6.45) is -1.26. The number of hydrogen-bond acceptors (Lipinski definition) is 4. The maximum absolute atomic E-state index is 14.3. The van der Waals surface area contributed by atoms with Gasteiger partial charge in [0.2, 0.25) is 15.9 Å². The van der Waals surface area contributed by atoms with E-state index in [9.17, 15) is 35.2 Å². The van der Waals surface area contributed by atoms with Crippen molar-refractivity contribution in [2.45, 2.75) is 32.5 Å². The quantitative estimate of drug-likeness (QED) is 0.369. The van der Waals surface area contributed by atoms with Crippen LogP contribution in [0.2, 0.25) is 0 Å². The van der Waals surface area contributed by atoms with Gasteiger partial charge in [0, 0.05) is 11.6 Å². The van der Waals surface area contributed by atoms with Crippen LogP contribution in [0.4, 0.5) is 27.6 Å². The number of alkyl halides is 3. The van der Waals surface area contributed by atoms with Crippen molar-refractivity contribution in [1.82, 2.24) is 5.32 Å². The second kappa shape index (κ2) is 10.9. The van der Waals surface area contributed by atoms with Gasteiger partial charge in [-0.25, -0.2) is 17.2 Å². The summed E-state index contributed by atoms with van der Waals surface area (Å²) in [6, 6.07) is 3.82. The van der Waals surface area contributed by atoms with Crippen molar-refractivity contribution < 1.29 is 39.9 Å². The lowest BCUT2D eigenvalue weighted by molar-refractivity contribution is -0.137. The molecule has 0 aliphatic rings. The van der Waals surface area contributed by atoms with Crippen LogP contribution in [0, 0.1) is 11.6 Å². The Labute approximate surface area is 193 Å². The number of nitrogens with one attached hydrogen (secondary N) is 2. The molecule has 6 nitrogen and oxygen atoms in total. The molecule has 0 aliphatic carbocycles. The number of anilines is 1. The van der Waals surface area contributed by atoms with E-state index in [1.165, 1.54) is 6.08 Å². The van der Waals surface area contributed by atoms with Crippen LogP contribution in [0.1, 0.15) is 43.0 Å². The van der Waals surface area contributed by atoms with Crippen molar-refractivity contribution >= 4 is 27.7 Å². The average Bonchev–Trinajstić information content (AvgIpc) is 2.72. The lowest BCUT2D eigenvalue weighted by atomic mass is 10.0. The number of amides is 1. The van der Waals surface area contributed by atoms with Crippen molar-refractivity contribution in [2.24, 2.45) is 0 Å². The van der Waals surface area contributed by atoms with Crippen LogP contribution in [0.25, 0.3) is 6.08 Å². The van der Waals surface area contributed by atoms with Crippen LogP contribution in [-0.2, 0) is 21.0 Å². The van der Waals surface area contributed by atoms with Gasteiger partial charge in [-0.1, -0.05) is 13.0 Å². The Morgan fingerprint density at radius 2 is 1.74 bits per heavy atom. The van der Waals surface area contributed by atoms with Crippen molar-refractivity contribution in [2.75, 3.05) is 17.6 Å². The van der Waals surface area contributed by atoms with Gasteiger partial charge in [-0.2, -0.15) is 13.2 Å². The first-order valence-corrected chi connectivity index (χ1v) is 11.9. The Bertz CT molecular complexity index is 1160. The molecule has 0 aliphatic heterocycles. The van der Waals surface area contributed by atoms with Crippen molar-refractivity contribution in [1.29, 1.82) is 0 Å². The zero-order valence-electron chi connectivity index (χ0n) is 18.5. The van der Waals surface area contributed by atoms with E-state index in [-0.39, 0.29) is 29.9 Å². The number of halogens is 5. The zero-order valence-corrected chi connectivity index (χ0v) is 19.3. The fourth-order valence-electron chi connectivity index (χ4n) is 3.01. The van der Waals surface area contributed by atoms with Gasteiger partial charge >= 0.3 is 6.18 Å².